The van der Waals surface area contributed by atoms with Gasteiger partial charge in [0, 0.05) is 39.7 Å². The average molecular weight is 499 g/mol. The fourth-order valence-corrected chi connectivity index (χ4v) is 5.05. The van der Waals surface area contributed by atoms with Crippen molar-refractivity contribution in [2.24, 2.45) is 0 Å². The van der Waals surface area contributed by atoms with Crippen molar-refractivity contribution in [3.8, 4) is 11.5 Å². The van der Waals surface area contributed by atoms with Gasteiger partial charge in [-0.25, -0.2) is 4.39 Å². The van der Waals surface area contributed by atoms with Crippen molar-refractivity contribution < 1.29 is 23.4 Å². The second-order valence-corrected chi connectivity index (χ2v) is 9.92. The highest BCUT2D eigenvalue weighted by molar-refractivity contribution is 5.76. The summed E-state index contributed by atoms with van der Waals surface area (Å²) in [5.41, 5.74) is 0.835. The number of hydrogen-bond acceptors (Lipinski definition) is 5. The number of amides is 1. The molecule has 0 aromatic heterocycles. The molecule has 2 saturated heterocycles. The van der Waals surface area contributed by atoms with E-state index < -0.39 is 5.60 Å². The predicted octanol–water partition coefficient (Wildman–Crippen LogP) is 5.06. The molecule has 2 aromatic carbocycles. The molecule has 6 nitrogen and oxygen atoms in total. The molecule has 0 aliphatic carbocycles. The fourth-order valence-electron chi connectivity index (χ4n) is 5.05. The summed E-state index contributed by atoms with van der Waals surface area (Å²) in [7, 11) is 1.73. The quantitative estimate of drug-likeness (QED) is 0.406. The van der Waals surface area contributed by atoms with Crippen LogP contribution in [-0.2, 0) is 16.1 Å². The van der Waals surface area contributed by atoms with E-state index >= 15 is 0 Å². The van der Waals surface area contributed by atoms with Crippen molar-refractivity contribution in [1.82, 2.24) is 9.80 Å². The van der Waals surface area contributed by atoms with Crippen molar-refractivity contribution in [2.45, 2.75) is 57.1 Å². The molecule has 0 N–H and O–H groups in total. The first-order valence-corrected chi connectivity index (χ1v) is 13.2. The van der Waals surface area contributed by atoms with E-state index in [-0.39, 0.29) is 17.5 Å². The minimum Gasteiger partial charge on any atom is -0.494 e. The molecule has 2 aliphatic heterocycles. The van der Waals surface area contributed by atoms with Gasteiger partial charge in [0.05, 0.1) is 6.61 Å². The van der Waals surface area contributed by atoms with Crippen LogP contribution >= 0.6 is 0 Å². The van der Waals surface area contributed by atoms with Crippen LogP contribution in [0.3, 0.4) is 0 Å². The standard InChI is InChI=1S/C29H39FN2O4/c1-34-29(23-36-27-9-3-2-8-26(27)30)15-6-17-31(20-16-29)22-24-11-13-25(14-12-24)35-21-7-19-32-18-5-4-10-28(32)33/h2-3,8-9,11-14H,4-7,10,15-23H2,1H3/t29-/m0/s1. The number of hydrogen-bond donors (Lipinski definition) is 0. The summed E-state index contributed by atoms with van der Waals surface area (Å²) in [5, 5.41) is 0. The Morgan fingerprint density at radius 3 is 2.56 bits per heavy atom. The van der Waals surface area contributed by atoms with Crippen LogP contribution in [0.25, 0.3) is 0 Å². The normalized spacial score (nSPS) is 21.3. The van der Waals surface area contributed by atoms with Gasteiger partial charge in [-0.1, -0.05) is 24.3 Å². The molecule has 0 saturated carbocycles. The molecule has 0 radical (unpaired) electrons. The van der Waals surface area contributed by atoms with Crippen LogP contribution in [0.2, 0.25) is 0 Å². The summed E-state index contributed by atoms with van der Waals surface area (Å²) in [6.07, 6.45) is 6.38. The average Bonchev–Trinajstić information content (AvgIpc) is 3.10. The molecule has 0 unspecified atom stereocenters. The van der Waals surface area contributed by atoms with Crippen LogP contribution in [0.5, 0.6) is 11.5 Å². The Kier molecular flexibility index (Phi) is 9.59. The molecule has 1 atom stereocenters. The topological polar surface area (TPSA) is 51.2 Å². The zero-order chi connectivity index (χ0) is 25.2. The Morgan fingerprint density at radius 1 is 0.944 bits per heavy atom. The highest BCUT2D eigenvalue weighted by Crippen LogP contribution is 2.29. The molecular weight excluding hydrogens is 459 g/mol. The van der Waals surface area contributed by atoms with Gasteiger partial charge in [0.2, 0.25) is 5.91 Å². The molecule has 2 aromatic rings. The number of ether oxygens (including phenoxy) is 3. The number of benzene rings is 2. The second-order valence-electron chi connectivity index (χ2n) is 9.92. The van der Waals surface area contributed by atoms with Gasteiger partial charge >= 0.3 is 0 Å². The Bertz CT molecular complexity index is 970. The Labute approximate surface area is 214 Å². The highest BCUT2D eigenvalue weighted by atomic mass is 19.1. The van der Waals surface area contributed by atoms with E-state index in [1.165, 1.54) is 11.6 Å². The number of likely N-dealkylation sites (tertiary alicyclic amines) is 2. The maximum absolute atomic E-state index is 14.0. The highest BCUT2D eigenvalue weighted by Gasteiger charge is 2.34. The van der Waals surface area contributed by atoms with Crippen LogP contribution < -0.4 is 9.47 Å². The SMILES string of the molecule is CO[C@@]1(COc2ccccc2F)CCCN(Cc2ccc(OCCCN3CCCCC3=O)cc2)CC1. The first-order valence-electron chi connectivity index (χ1n) is 13.2. The van der Waals surface area contributed by atoms with Crippen LogP contribution in [0.15, 0.2) is 48.5 Å². The summed E-state index contributed by atoms with van der Waals surface area (Å²) in [6, 6.07) is 14.8. The molecule has 196 valence electrons. The maximum Gasteiger partial charge on any atom is 0.222 e. The molecule has 1 amide bonds. The molecular formula is C29H39FN2O4. The Balaban J connectivity index is 1.20. The molecule has 0 bridgehead atoms. The van der Waals surface area contributed by atoms with Gasteiger partial charge in [-0.2, -0.15) is 0 Å². The lowest BCUT2D eigenvalue weighted by molar-refractivity contribution is -0.133. The number of carbonyl (C=O) groups is 1. The molecule has 2 aliphatic rings. The molecule has 2 fully saturated rings. The van der Waals surface area contributed by atoms with Gasteiger partial charge in [-0.15, -0.1) is 0 Å². The van der Waals surface area contributed by atoms with Gasteiger partial charge in [-0.3, -0.25) is 9.69 Å². The van der Waals surface area contributed by atoms with E-state index in [1.807, 2.05) is 17.0 Å². The number of halogens is 1. The molecule has 2 heterocycles. The minimum atomic E-state index is -0.409. The fraction of sp³-hybridized carbons (Fsp3) is 0.552. The summed E-state index contributed by atoms with van der Waals surface area (Å²) in [4.78, 5) is 16.3. The maximum atomic E-state index is 14.0. The number of para-hydroxylation sites is 1. The van der Waals surface area contributed by atoms with Crippen molar-refractivity contribution in [3.05, 3.63) is 59.9 Å². The summed E-state index contributed by atoms with van der Waals surface area (Å²) in [5.74, 6) is 1.07. The van der Waals surface area contributed by atoms with Gasteiger partial charge in [-0.05, 0) is 74.9 Å². The van der Waals surface area contributed by atoms with Gasteiger partial charge in [0.1, 0.15) is 18.0 Å². The number of piperidine rings is 1. The lowest BCUT2D eigenvalue weighted by atomic mass is 9.95. The lowest BCUT2D eigenvalue weighted by Crippen LogP contribution is -2.39. The second kappa shape index (κ2) is 13.1. The van der Waals surface area contributed by atoms with E-state index in [1.54, 1.807) is 25.3 Å². The van der Waals surface area contributed by atoms with Crippen molar-refractivity contribution in [2.75, 3.05) is 46.5 Å². The zero-order valence-corrected chi connectivity index (χ0v) is 21.4. The predicted molar refractivity (Wildman–Crippen MR) is 138 cm³/mol. The van der Waals surface area contributed by atoms with Crippen molar-refractivity contribution in [3.63, 3.8) is 0 Å². The van der Waals surface area contributed by atoms with Gasteiger partial charge in [0.25, 0.3) is 0 Å². The van der Waals surface area contributed by atoms with E-state index in [0.29, 0.717) is 19.6 Å². The number of carbonyl (C=O) groups excluding carboxylic acids is 1. The van der Waals surface area contributed by atoms with Crippen LogP contribution in [-0.4, -0.2) is 67.8 Å². The molecule has 4 rings (SSSR count). The van der Waals surface area contributed by atoms with Crippen molar-refractivity contribution >= 4 is 5.91 Å². The minimum absolute atomic E-state index is 0.275. The molecule has 0 spiro atoms. The summed E-state index contributed by atoms with van der Waals surface area (Å²) >= 11 is 0. The first kappa shape index (κ1) is 26.4. The number of nitrogens with zero attached hydrogens (tertiary/aromatic N) is 2. The smallest absolute Gasteiger partial charge is 0.222 e. The summed E-state index contributed by atoms with van der Waals surface area (Å²) < 4.78 is 31.6. The third-order valence-corrected chi connectivity index (χ3v) is 7.34. The van der Waals surface area contributed by atoms with Gasteiger partial charge < -0.3 is 19.1 Å². The third kappa shape index (κ3) is 7.43. The Hall–Kier alpha value is -2.64. The monoisotopic (exact) mass is 498 g/mol. The van der Waals surface area contributed by atoms with E-state index in [9.17, 15) is 9.18 Å². The van der Waals surface area contributed by atoms with E-state index in [2.05, 4.69) is 17.0 Å². The largest absolute Gasteiger partial charge is 0.494 e. The van der Waals surface area contributed by atoms with Gasteiger partial charge in [0.15, 0.2) is 11.6 Å². The Morgan fingerprint density at radius 2 is 1.78 bits per heavy atom. The van der Waals surface area contributed by atoms with E-state index in [4.69, 9.17) is 14.2 Å². The van der Waals surface area contributed by atoms with E-state index in [0.717, 1.165) is 77.0 Å². The lowest BCUT2D eigenvalue weighted by Gasteiger charge is -2.31. The number of methoxy groups -OCH3 is 1. The number of rotatable bonds is 11. The third-order valence-electron chi connectivity index (χ3n) is 7.34. The zero-order valence-electron chi connectivity index (χ0n) is 21.4. The summed E-state index contributed by atoms with van der Waals surface area (Å²) in [6.45, 7) is 5.36. The van der Waals surface area contributed by atoms with Crippen LogP contribution in [0.4, 0.5) is 4.39 Å². The first-order chi connectivity index (χ1) is 17.6. The van der Waals surface area contributed by atoms with Crippen LogP contribution in [0, 0.1) is 5.82 Å². The molecule has 36 heavy (non-hydrogen) atoms. The van der Waals surface area contributed by atoms with Crippen molar-refractivity contribution in [1.29, 1.82) is 0 Å². The van der Waals surface area contributed by atoms with Crippen LogP contribution in [0.1, 0.15) is 50.5 Å². The molecule has 7 heteroatoms.